The van der Waals surface area contributed by atoms with Gasteiger partial charge in [-0.1, -0.05) is 0 Å². The maximum absolute atomic E-state index is 6.20. The van der Waals surface area contributed by atoms with Crippen LogP contribution in [0.3, 0.4) is 0 Å². The van der Waals surface area contributed by atoms with Crippen LogP contribution in [-0.2, 0) is 0 Å². The third kappa shape index (κ3) is 1.57. The lowest BCUT2D eigenvalue weighted by Crippen LogP contribution is -2.53. The zero-order valence-corrected chi connectivity index (χ0v) is 8.74. The smallest absolute Gasteiger partial charge is 0.102 e. The Labute approximate surface area is 88.9 Å². The molecule has 1 fully saturated rings. The molecule has 14 heavy (non-hydrogen) atoms. The molecule has 0 aromatic carbocycles. The molecular weight excluding hydrogens is 198 g/mol. The molecule has 1 aliphatic heterocycles. The maximum atomic E-state index is 6.20. The molecule has 2 rings (SSSR count). The summed E-state index contributed by atoms with van der Waals surface area (Å²) in [5.41, 5.74) is 6.88. The molecule has 0 unspecified atom stereocenters. The van der Waals surface area contributed by atoms with Crippen molar-refractivity contribution in [3.05, 3.63) is 24.5 Å². The summed E-state index contributed by atoms with van der Waals surface area (Å²) in [6.07, 6.45) is 5.64. The van der Waals surface area contributed by atoms with E-state index in [-0.39, 0.29) is 5.66 Å². The lowest BCUT2D eigenvalue weighted by Gasteiger charge is -2.34. The van der Waals surface area contributed by atoms with E-state index in [2.05, 4.69) is 9.88 Å². The number of nitrogens with two attached hydrogens (primary N) is 1. The molecule has 4 heteroatoms. The van der Waals surface area contributed by atoms with Gasteiger partial charge in [0, 0.05) is 12.7 Å². The van der Waals surface area contributed by atoms with Crippen LogP contribution in [0.15, 0.2) is 24.5 Å². The summed E-state index contributed by atoms with van der Waals surface area (Å²) in [4.78, 5) is 6.23. The van der Waals surface area contributed by atoms with Crippen LogP contribution in [0.5, 0.6) is 0 Å². The number of alkyl halides is 1. The molecule has 1 aromatic rings. The molecule has 0 bridgehead atoms. The van der Waals surface area contributed by atoms with Crippen molar-refractivity contribution < 1.29 is 0 Å². The van der Waals surface area contributed by atoms with Crippen LogP contribution in [0, 0.1) is 0 Å². The van der Waals surface area contributed by atoms with Gasteiger partial charge in [-0.05, 0) is 25.0 Å². The van der Waals surface area contributed by atoms with Gasteiger partial charge in [-0.25, -0.2) is 0 Å². The van der Waals surface area contributed by atoms with E-state index in [0.717, 1.165) is 25.1 Å². The van der Waals surface area contributed by atoms with Crippen LogP contribution in [0.25, 0.3) is 0 Å². The standard InChI is InChI=1S/C10H14ClN3/c11-8-10(12)4-2-6-14(10)9-3-1-5-13-7-9/h1,3,5,7H,2,4,6,8,12H2/t10-/m0/s1. The average Bonchev–Trinajstić information content (AvgIpc) is 2.63. The number of nitrogens with zero attached hydrogens (tertiary/aromatic N) is 2. The molecule has 1 saturated heterocycles. The molecule has 1 aromatic heterocycles. The summed E-state index contributed by atoms with van der Waals surface area (Å²) < 4.78 is 0. The molecule has 0 aliphatic carbocycles. The van der Waals surface area contributed by atoms with Gasteiger partial charge in [-0.2, -0.15) is 0 Å². The molecule has 3 nitrogen and oxygen atoms in total. The summed E-state index contributed by atoms with van der Waals surface area (Å²) in [5, 5.41) is 0. The average molecular weight is 212 g/mol. The van der Waals surface area contributed by atoms with Crippen molar-refractivity contribution in [1.29, 1.82) is 0 Å². The summed E-state index contributed by atoms with van der Waals surface area (Å²) in [6, 6.07) is 3.94. The molecule has 0 saturated carbocycles. The van der Waals surface area contributed by atoms with E-state index in [9.17, 15) is 0 Å². The van der Waals surface area contributed by atoms with Crippen molar-refractivity contribution in [1.82, 2.24) is 4.98 Å². The molecule has 0 spiro atoms. The van der Waals surface area contributed by atoms with E-state index >= 15 is 0 Å². The number of rotatable bonds is 2. The van der Waals surface area contributed by atoms with Crippen molar-refractivity contribution in [2.75, 3.05) is 17.3 Å². The highest BCUT2D eigenvalue weighted by molar-refractivity contribution is 6.18. The van der Waals surface area contributed by atoms with Gasteiger partial charge in [-0.15, -0.1) is 11.6 Å². The number of hydrogen-bond acceptors (Lipinski definition) is 3. The van der Waals surface area contributed by atoms with Gasteiger partial charge in [0.2, 0.25) is 0 Å². The highest BCUT2D eigenvalue weighted by atomic mass is 35.5. The zero-order chi connectivity index (χ0) is 10.0. The van der Waals surface area contributed by atoms with Crippen LogP contribution < -0.4 is 10.6 Å². The highest BCUT2D eigenvalue weighted by Crippen LogP contribution is 2.30. The predicted octanol–water partition coefficient (Wildman–Crippen LogP) is 1.58. The van der Waals surface area contributed by atoms with Gasteiger partial charge in [-0.3, -0.25) is 4.98 Å². The van der Waals surface area contributed by atoms with E-state index in [1.165, 1.54) is 0 Å². The minimum Gasteiger partial charge on any atom is -0.351 e. The van der Waals surface area contributed by atoms with Crippen LogP contribution >= 0.6 is 11.6 Å². The number of hydrogen-bond donors (Lipinski definition) is 1. The Balaban J connectivity index is 2.26. The lowest BCUT2D eigenvalue weighted by atomic mass is 10.1. The first-order chi connectivity index (χ1) is 6.76. The molecule has 2 N–H and O–H groups in total. The Morgan fingerprint density at radius 2 is 2.50 bits per heavy atom. The van der Waals surface area contributed by atoms with Gasteiger partial charge in [0.1, 0.15) is 5.66 Å². The number of pyridine rings is 1. The van der Waals surface area contributed by atoms with Crippen molar-refractivity contribution >= 4 is 17.3 Å². The molecule has 0 amide bonds. The molecular formula is C10H14ClN3. The van der Waals surface area contributed by atoms with E-state index in [4.69, 9.17) is 17.3 Å². The van der Waals surface area contributed by atoms with E-state index in [1.54, 1.807) is 6.20 Å². The fourth-order valence-corrected chi connectivity index (χ4v) is 2.22. The molecule has 76 valence electrons. The first-order valence-electron chi connectivity index (χ1n) is 4.79. The Morgan fingerprint density at radius 3 is 3.14 bits per heavy atom. The number of anilines is 1. The third-order valence-corrected chi connectivity index (χ3v) is 3.18. The lowest BCUT2D eigenvalue weighted by molar-refractivity contribution is 0.495. The second-order valence-corrected chi connectivity index (χ2v) is 3.97. The van der Waals surface area contributed by atoms with Crippen LogP contribution in [-0.4, -0.2) is 23.1 Å². The Kier molecular flexibility index (Phi) is 2.61. The van der Waals surface area contributed by atoms with Crippen molar-refractivity contribution in [3.8, 4) is 0 Å². The van der Waals surface area contributed by atoms with Crippen LogP contribution in [0.2, 0.25) is 0 Å². The van der Waals surface area contributed by atoms with Crippen molar-refractivity contribution in [3.63, 3.8) is 0 Å². The number of halogens is 1. The van der Waals surface area contributed by atoms with E-state index in [0.29, 0.717) is 5.88 Å². The van der Waals surface area contributed by atoms with Crippen molar-refractivity contribution in [2.45, 2.75) is 18.5 Å². The van der Waals surface area contributed by atoms with E-state index < -0.39 is 0 Å². The fraction of sp³-hybridized carbons (Fsp3) is 0.500. The predicted molar refractivity (Wildman–Crippen MR) is 58.5 cm³/mol. The second kappa shape index (κ2) is 3.75. The third-order valence-electron chi connectivity index (χ3n) is 2.72. The highest BCUT2D eigenvalue weighted by Gasteiger charge is 2.36. The van der Waals surface area contributed by atoms with Gasteiger partial charge in [0.05, 0.1) is 17.8 Å². The maximum Gasteiger partial charge on any atom is 0.102 e. The largest absolute Gasteiger partial charge is 0.351 e. The van der Waals surface area contributed by atoms with Gasteiger partial charge in [0.15, 0.2) is 0 Å². The van der Waals surface area contributed by atoms with Gasteiger partial charge in [0.25, 0.3) is 0 Å². The Hall–Kier alpha value is -0.800. The second-order valence-electron chi connectivity index (χ2n) is 3.70. The minimum atomic E-state index is -0.384. The van der Waals surface area contributed by atoms with Gasteiger partial charge < -0.3 is 10.6 Å². The fourth-order valence-electron chi connectivity index (χ4n) is 1.94. The minimum absolute atomic E-state index is 0.384. The van der Waals surface area contributed by atoms with Crippen LogP contribution in [0.4, 0.5) is 5.69 Å². The first-order valence-corrected chi connectivity index (χ1v) is 5.32. The summed E-state index contributed by atoms with van der Waals surface area (Å²) in [5.74, 6) is 0.460. The quantitative estimate of drug-likeness (QED) is 0.756. The van der Waals surface area contributed by atoms with Gasteiger partial charge >= 0.3 is 0 Å². The Bertz CT molecular complexity index is 303. The molecule has 0 radical (unpaired) electrons. The molecule has 1 aliphatic rings. The molecule has 2 heterocycles. The summed E-state index contributed by atoms with van der Waals surface area (Å²) in [7, 11) is 0. The number of aromatic nitrogens is 1. The summed E-state index contributed by atoms with van der Waals surface area (Å²) >= 11 is 5.91. The zero-order valence-electron chi connectivity index (χ0n) is 7.99. The monoisotopic (exact) mass is 211 g/mol. The normalized spacial score (nSPS) is 26.9. The summed E-state index contributed by atoms with van der Waals surface area (Å²) in [6.45, 7) is 0.967. The Morgan fingerprint density at radius 1 is 1.64 bits per heavy atom. The van der Waals surface area contributed by atoms with Crippen molar-refractivity contribution in [2.24, 2.45) is 5.73 Å². The van der Waals surface area contributed by atoms with E-state index in [1.807, 2.05) is 18.3 Å². The molecule has 1 atom stereocenters. The van der Waals surface area contributed by atoms with Crippen LogP contribution in [0.1, 0.15) is 12.8 Å². The first kappa shape index (κ1) is 9.74. The SMILES string of the molecule is N[C@@]1(CCl)CCCN1c1cccnc1. The topological polar surface area (TPSA) is 42.1 Å².